The molecule has 3 nitrogen and oxygen atoms in total. The van der Waals surface area contributed by atoms with Gasteiger partial charge in [0.25, 0.3) is 0 Å². The summed E-state index contributed by atoms with van der Waals surface area (Å²) in [6.45, 7) is 0.543. The summed E-state index contributed by atoms with van der Waals surface area (Å²) in [6.07, 6.45) is 3.15. The Balaban J connectivity index is 1.72. The molecule has 4 heteroatoms. The zero-order chi connectivity index (χ0) is 14.9. The first-order valence-electron chi connectivity index (χ1n) is 6.90. The van der Waals surface area contributed by atoms with Crippen LogP contribution in [0.25, 0.3) is 0 Å². The van der Waals surface area contributed by atoms with Gasteiger partial charge in [0.05, 0.1) is 12.3 Å². The van der Waals surface area contributed by atoms with Crippen LogP contribution in [0.15, 0.2) is 59.5 Å². The third kappa shape index (κ3) is 5.16. The predicted molar refractivity (Wildman–Crippen MR) is 88.0 cm³/mol. The van der Waals surface area contributed by atoms with Gasteiger partial charge < -0.3 is 10.1 Å². The van der Waals surface area contributed by atoms with Crippen LogP contribution in [0, 0.1) is 0 Å². The van der Waals surface area contributed by atoms with Crippen molar-refractivity contribution in [2.75, 3.05) is 18.2 Å². The molecule has 2 rings (SSSR count). The summed E-state index contributed by atoms with van der Waals surface area (Å²) in [5.74, 6) is 0.860. The molecule has 2 aromatic carbocycles. The molecule has 0 aliphatic rings. The van der Waals surface area contributed by atoms with Crippen molar-refractivity contribution in [3.05, 3.63) is 54.6 Å². The molecule has 0 unspecified atom stereocenters. The average Bonchev–Trinajstić information content (AvgIpc) is 2.53. The predicted octanol–water partition coefficient (Wildman–Crippen LogP) is 4.21. The SMILES string of the molecule is CSc1ccccc1NC(=O)CCCOc1ccccc1. The monoisotopic (exact) mass is 301 g/mol. The van der Waals surface area contributed by atoms with Crippen LogP contribution in [0.2, 0.25) is 0 Å². The molecule has 0 bridgehead atoms. The van der Waals surface area contributed by atoms with E-state index < -0.39 is 0 Å². The molecule has 2 aromatic rings. The molecule has 0 aromatic heterocycles. The van der Waals surface area contributed by atoms with Crippen LogP contribution in [-0.2, 0) is 4.79 Å². The van der Waals surface area contributed by atoms with Gasteiger partial charge in [-0.3, -0.25) is 4.79 Å². The summed E-state index contributed by atoms with van der Waals surface area (Å²) in [4.78, 5) is 13.0. The zero-order valence-corrected chi connectivity index (χ0v) is 12.9. The minimum atomic E-state index is 0.0214. The van der Waals surface area contributed by atoms with Crippen LogP contribution < -0.4 is 10.1 Å². The number of anilines is 1. The lowest BCUT2D eigenvalue weighted by atomic mass is 10.2. The summed E-state index contributed by atoms with van der Waals surface area (Å²) in [5, 5.41) is 2.94. The molecule has 0 aliphatic carbocycles. The Labute approximate surface area is 129 Å². The number of rotatable bonds is 7. The van der Waals surface area contributed by atoms with E-state index in [2.05, 4.69) is 5.32 Å². The highest BCUT2D eigenvalue weighted by Gasteiger charge is 2.05. The molecule has 0 saturated carbocycles. The second-order valence-electron chi connectivity index (χ2n) is 4.51. The van der Waals surface area contributed by atoms with Crippen molar-refractivity contribution in [2.24, 2.45) is 0 Å². The van der Waals surface area contributed by atoms with Crippen molar-refractivity contribution in [3.63, 3.8) is 0 Å². The standard InChI is InChI=1S/C17H19NO2S/c1-21-16-11-6-5-10-15(16)18-17(19)12-7-13-20-14-8-3-2-4-9-14/h2-6,8-11H,7,12-13H2,1H3,(H,18,19). The van der Waals surface area contributed by atoms with Gasteiger partial charge in [-0.05, 0) is 36.9 Å². The van der Waals surface area contributed by atoms with Crippen molar-refractivity contribution < 1.29 is 9.53 Å². The molecule has 0 saturated heterocycles. The summed E-state index contributed by atoms with van der Waals surface area (Å²) < 4.78 is 5.57. The Morgan fingerprint density at radius 2 is 1.81 bits per heavy atom. The van der Waals surface area contributed by atoms with E-state index >= 15 is 0 Å². The van der Waals surface area contributed by atoms with E-state index in [9.17, 15) is 4.79 Å². The first-order chi connectivity index (χ1) is 10.3. The third-order valence-corrected chi connectivity index (χ3v) is 3.74. The van der Waals surface area contributed by atoms with Crippen LogP contribution in [0.4, 0.5) is 5.69 Å². The van der Waals surface area contributed by atoms with E-state index in [0.29, 0.717) is 19.4 Å². The summed E-state index contributed by atoms with van der Waals surface area (Å²) in [7, 11) is 0. The summed E-state index contributed by atoms with van der Waals surface area (Å²) >= 11 is 1.62. The van der Waals surface area contributed by atoms with Crippen LogP contribution in [-0.4, -0.2) is 18.8 Å². The van der Waals surface area contributed by atoms with E-state index in [1.165, 1.54) is 0 Å². The van der Waals surface area contributed by atoms with E-state index in [0.717, 1.165) is 16.3 Å². The maximum Gasteiger partial charge on any atom is 0.224 e. The fourth-order valence-electron chi connectivity index (χ4n) is 1.90. The molecule has 0 spiro atoms. The number of carbonyl (C=O) groups excluding carboxylic acids is 1. The number of para-hydroxylation sites is 2. The maximum atomic E-state index is 11.9. The lowest BCUT2D eigenvalue weighted by molar-refractivity contribution is -0.116. The van der Waals surface area contributed by atoms with Gasteiger partial charge in [0.2, 0.25) is 5.91 Å². The minimum Gasteiger partial charge on any atom is -0.494 e. The number of thioether (sulfide) groups is 1. The zero-order valence-electron chi connectivity index (χ0n) is 12.0. The molecule has 110 valence electrons. The fourth-order valence-corrected chi connectivity index (χ4v) is 2.45. The van der Waals surface area contributed by atoms with E-state index in [1.807, 2.05) is 60.9 Å². The number of hydrogen-bond donors (Lipinski definition) is 1. The molecule has 0 heterocycles. The van der Waals surface area contributed by atoms with Gasteiger partial charge >= 0.3 is 0 Å². The second kappa shape index (κ2) is 8.37. The number of nitrogens with one attached hydrogen (secondary N) is 1. The molecule has 1 N–H and O–H groups in total. The first kappa shape index (κ1) is 15.4. The van der Waals surface area contributed by atoms with E-state index in [4.69, 9.17) is 4.74 Å². The van der Waals surface area contributed by atoms with E-state index in [-0.39, 0.29) is 5.91 Å². The topological polar surface area (TPSA) is 38.3 Å². The first-order valence-corrected chi connectivity index (χ1v) is 8.13. The molecule has 1 amide bonds. The van der Waals surface area contributed by atoms with Crippen molar-refractivity contribution in [1.29, 1.82) is 0 Å². The smallest absolute Gasteiger partial charge is 0.224 e. The largest absolute Gasteiger partial charge is 0.494 e. The van der Waals surface area contributed by atoms with Crippen molar-refractivity contribution in [1.82, 2.24) is 0 Å². The number of amides is 1. The number of hydrogen-bond acceptors (Lipinski definition) is 3. The van der Waals surface area contributed by atoms with Crippen LogP contribution in [0.5, 0.6) is 5.75 Å². The molecular formula is C17H19NO2S. The molecular weight excluding hydrogens is 282 g/mol. The van der Waals surface area contributed by atoms with Crippen LogP contribution in [0.1, 0.15) is 12.8 Å². The highest BCUT2D eigenvalue weighted by molar-refractivity contribution is 7.98. The molecule has 0 aliphatic heterocycles. The van der Waals surface area contributed by atoms with Gasteiger partial charge in [-0.1, -0.05) is 30.3 Å². The number of benzene rings is 2. The van der Waals surface area contributed by atoms with Gasteiger partial charge in [0.15, 0.2) is 0 Å². The molecule has 0 atom stereocenters. The van der Waals surface area contributed by atoms with Gasteiger partial charge in [-0.25, -0.2) is 0 Å². The van der Waals surface area contributed by atoms with Crippen molar-refractivity contribution >= 4 is 23.4 Å². The maximum absolute atomic E-state index is 11.9. The van der Waals surface area contributed by atoms with Crippen LogP contribution in [0.3, 0.4) is 0 Å². The Bertz CT molecular complexity index is 572. The normalized spacial score (nSPS) is 10.1. The highest BCUT2D eigenvalue weighted by atomic mass is 32.2. The Morgan fingerprint density at radius 1 is 1.10 bits per heavy atom. The van der Waals surface area contributed by atoms with Gasteiger partial charge in [-0.2, -0.15) is 0 Å². The van der Waals surface area contributed by atoms with Gasteiger partial charge in [-0.15, -0.1) is 11.8 Å². The quantitative estimate of drug-likeness (QED) is 0.615. The van der Waals surface area contributed by atoms with Crippen molar-refractivity contribution in [2.45, 2.75) is 17.7 Å². The Kier molecular flexibility index (Phi) is 6.16. The molecule has 0 fully saturated rings. The second-order valence-corrected chi connectivity index (χ2v) is 5.36. The summed E-state index contributed by atoms with van der Waals surface area (Å²) in [5.41, 5.74) is 0.874. The number of ether oxygens (including phenoxy) is 1. The van der Waals surface area contributed by atoms with E-state index in [1.54, 1.807) is 11.8 Å². The fraction of sp³-hybridized carbons (Fsp3) is 0.235. The lowest BCUT2D eigenvalue weighted by Crippen LogP contribution is -2.13. The molecule has 21 heavy (non-hydrogen) atoms. The summed E-state index contributed by atoms with van der Waals surface area (Å²) in [6, 6.07) is 17.4. The van der Waals surface area contributed by atoms with Gasteiger partial charge in [0.1, 0.15) is 5.75 Å². The lowest BCUT2D eigenvalue weighted by Gasteiger charge is -2.09. The third-order valence-electron chi connectivity index (χ3n) is 2.94. The Hall–Kier alpha value is -1.94. The Morgan fingerprint density at radius 3 is 2.57 bits per heavy atom. The minimum absolute atomic E-state index is 0.0214. The number of carbonyl (C=O) groups is 1. The average molecular weight is 301 g/mol. The van der Waals surface area contributed by atoms with Gasteiger partial charge in [0, 0.05) is 11.3 Å². The highest BCUT2D eigenvalue weighted by Crippen LogP contribution is 2.24. The molecule has 0 radical (unpaired) electrons. The van der Waals surface area contributed by atoms with Crippen LogP contribution >= 0.6 is 11.8 Å². The van der Waals surface area contributed by atoms with Crippen molar-refractivity contribution in [3.8, 4) is 5.75 Å².